The average Bonchev–Trinajstić information content (AvgIpc) is 2.91. The molecule has 0 saturated carbocycles. The van der Waals surface area contributed by atoms with Gasteiger partial charge >= 0.3 is 0 Å². The summed E-state index contributed by atoms with van der Waals surface area (Å²) in [6.45, 7) is 1.49. The molecule has 0 bridgehead atoms. The summed E-state index contributed by atoms with van der Waals surface area (Å²) < 4.78 is 19.9. The molecule has 1 amide bonds. The molecule has 0 unspecified atom stereocenters. The largest absolute Gasteiger partial charge is 0.494 e. The number of hydrogen-bond acceptors (Lipinski definition) is 3. The van der Waals surface area contributed by atoms with E-state index in [-0.39, 0.29) is 17.2 Å². The molecule has 0 radical (unpaired) electrons. The summed E-state index contributed by atoms with van der Waals surface area (Å²) in [4.78, 5) is 11.9. The first-order valence-electron chi connectivity index (χ1n) is 6.27. The predicted molar refractivity (Wildman–Crippen MR) is 72.9 cm³/mol. The van der Waals surface area contributed by atoms with Gasteiger partial charge in [0.05, 0.1) is 24.6 Å². The van der Waals surface area contributed by atoms with E-state index in [0.717, 1.165) is 0 Å². The molecule has 2 rings (SSSR count). The number of amides is 1. The van der Waals surface area contributed by atoms with E-state index < -0.39 is 6.67 Å². The van der Waals surface area contributed by atoms with Crippen LogP contribution in [0.15, 0.2) is 30.5 Å². The van der Waals surface area contributed by atoms with Gasteiger partial charge in [0.2, 0.25) is 0 Å². The van der Waals surface area contributed by atoms with Gasteiger partial charge in [-0.25, -0.2) is 9.07 Å². The van der Waals surface area contributed by atoms with Crippen LogP contribution >= 0.6 is 0 Å². The van der Waals surface area contributed by atoms with Crippen molar-refractivity contribution in [3.05, 3.63) is 41.7 Å². The van der Waals surface area contributed by atoms with Gasteiger partial charge in [0.25, 0.3) is 5.91 Å². The molecule has 0 spiro atoms. The molecule has 1 aromatic heterocycles. The van der Waals surface area contributed by atoms with Crippen LogP contribution in [-0.4, -0.2) is 29.3 Å². The Bertz CT molecular complexity index is 610. The minimum atomic E-state index is -0.787. The summed E-state index contributed by atoms with van der Waals surface area (Å²) in [5, 5.41) is 6.74. The second kappa shape index (κ2) is 6.18. The number of aromatic nitrogens is 2. The Morgan fingerprint density at radius 3 is 2.85 bits per heavy atom. The third-order valence-electron chi connectivity index (χ3n) is 2.89. The zero-order valence-corrected chi connectivity index (χ0v) is 11.4. The lowest BCUT2D eigenvalue weighted by molar-refractivity contribution is 0.0954. The summed E-state index contributed by atoms with van der Waals surface area (Å²) in [6, 6.07) is 7.12. The van der Waals surface area contributed by atoms with Crippen LogP contribution < -0.4 is 10.1 Å². The number of hydrogen-bond donors (Lipinski definition) is 1. The van der Waals surface area contributed by atoms with Gasteiger partial charge in [0.15, 0.2) is 0 Å². The minimum Gasteiger partial charge on any atom is -0.494 e. The highest BCUT2D eigenvalue weighted by Crippen LogP contribution is 2.24. The van der Waals surface area contributed by atoms with Crippen molar-refractivity contribution in [3.8, 4) is 11.4 Å². The minimum absolute atomic E-state index is 0.209. The molecular weight excluding hydrogens is 261 g/mol. The summed E-state index contributed by atoms with van der Waals surface area (Å²) in [7, 11) is 1.53. The Morgan fingerprint density at radius 1 is 1.45 bits per heavy atom. The number of methoxy groups -OCH3 is 1. The number of para-hydroxylation sites is 2. The number of halogens is 1. The van der Waals surface area contributed by atoms with Gasteiger partial charge in [-0.3, -0.25) is 4.79 Å². The molecule has 0 aliphatic rings. The van der Waals surface area contributed by atoms with Gasteiger partial charge in [-0.1, -0.05) is 12.1 Å². The Kier molecular flexibility index (Phi) is 4.34. The SMILES string of the molecule is CCNC(=O)c1cnn(-c2ccccc2OC)c1CF. The van der Waals surface area contributed by atoms with Gasteiger partial charge in [-0.05, 0) is 19.1 Å². The van der Waals surface area contributed by atoms with E-state index in [1.165, 1.54) is 18.0 Å². The first-order chi connectivity index (χ1) is 9.72. The fourth-order valence-electron chi connectivity index (χ4n) is 1.96. The molecule has 0 aliphatic heterocycles. The molecule has 0 saturated heterocycles. The van der Waals surface area contributed by atoms with Crippen molar-refractivity contribution in [2.45, 2.75) is 13.6 Å². The van der Waals surface area contributed by atoms with Crippen LogP contribution in [0.1, 0.15) is 23.0 Å². The Balaban J connectivity index is 2.50. The van der Waals surface area contributed by atoms with E-state index in [1.807, 2.05) is 6.07 Å². The standard InChI is InChI=1S/C14H16FN3O2/c1-3-16-14(19)10-9-17-18(12(10)8-15)11-6-4-5-7-13(11)20-2/h4-7,9H,3,8H2,1-2H3,(H,16,19). The fourth-order valence-corrected chi connectivity index (χ4v) is 1.96. The number of alkyl halides is 1. The van der Waals surface area contributed by atoms with Crippen LogP contribution in [-0.2, 0) is 6.67 Å². The third kappa shape index (κ3) is 2.49. The number of carbonyl (C=O) groups is 1. The molecule has 0 aliphatic carbocycles. The first kappa shape index (κ1) is 14.0. The molecule has 20 heavy (non-hydrogen) atoms. The summed E-state index contributed by atoms with van der Waals surface area (Å²) in [6.07, 6.45) is 1.37. The lowest BCUT2D eigenvalue weighted by atomic mass is 10.2. The summed E-state index contributed by atoms with van der Waals surface area (Å²) in [5.74, 6) is 0.231. The van der Waals surface area contributed by atoms with Crippen molar-refractivity contribution < 1.29 is 13.9 Å². The highest BCUT2D eigenvalue weighted by atomic mass is 19.1. The summed E-state index contributed by atoms with van der Waals surface area (Å²) >= 11 is 0. The van der Waals surface area contributed by atoms with Gasteiger partial charge in [0.1, 0.15) is 18.1 Å². The monoisotopic (exact) mass is 277 g/mol. The van der Waals surface area contributed by atoms with E-state index >= 15 is 0 Å². The van der Waals surface area contributed by atoms with E-state index in [4.69, 9.17) is 4.74 Å². The zero-order valence-electron chi connectivity index (χ0n) is 11.4. The van der Waals surface area contributed by atoms with Crippen LogP contribution in [0.4, 0.5) is 4.39 Å². The van der Waals surface area contributed by atoms with Crippen molar-refractivity contribution in [3.63, 3.8) is 0 Å². The van der Waals surface area contributed by atoms with Gasteiger partial charge in [-0.15, -0.1) is 0 Å². The second-order valence-corrected chi connectivity index (χ2v) is 4.08. The Hall–Kier alpha value is -2.37. The molecule has 1 heterocycles. The molecule has 5 nitrogen and oxygen atoms in total. The molecule has 6 heteroatoms. The molecule has 2 aromatic rings. The lowest BCUT2D eigenvalue weighted by Crippen LogP contribution is -2.23. The van der Waals surface area contributed by atoms with Crippen LogP contribution in [0.5, 0.6) is 5.75 Å². The number of nitrogens with zero attached hydrogens (tertiary/aromatic N) is 2. The fraction of sp³-hybridized carbons (Fsp3) is 0.286. The molecule has 0 atom stereocenters. The number of carbonyl (C=O) groups excluding carboxylic acids is 1. The van der Waals surface area contributed by atoms with Crippen LogP contribution in [0.2, 0.25) is 0 Å². The number of benzene rings is 1. The Morgan fingerprint density at radius 2 is 2.20 bits per heavy atom. The predicted octanol–water partition coefficient (Wildman–Crippen LogP) is 2.10. The number of ether oxygens (including phenoxy) is 1. The normalized spacial score (nSPS) is 10.3. The molecule has 1 aromatic carbocycles. The molecule has 106 valence electrons. The quantitative estimate of drug-likeness (QED) is 0.910. The first-order valence-corrected chi connectivity index (χ1v) is 6.27. The highest BCUT2D eigenvalue weighted by molar-refractivity contribution is 5.95. The lowest BCUT2D eigenvalue weighted by Gasteiger charge is -2.10. The van der Waals surface area contributed by atoms with Crippen LogP contribution in [0.3, 0.4) is 0 Å². The molecule has 0 fully saturated rings. The van der Waals surface area contributed by atoms with Gasteiger partial charge < -0.3 is 10.1 Å². The number of rotatable bonds is 5. The van der Waals surface area contributed by atoms with Crippen molar-refractivity contribution in [2.24, 2.45) is 0 Å². The number of nitrogens with one attached hydrogen (secondary N) is 1. The maximum absolute atomic E-state index is 13.3. The highest BCUT2D eigenvalue weighted by Gasteiger charge is 2.19. The zero-order chi connectivity index (χ0) is 14.5. The van der Waals surface area contributed by atoms with E-state index in [1.54, 1.807) is 25.1 Å². The van der Waals surface area contributed by atoms with Crippen molar-refractivity contribution >= 4 is 5.91 Å². The van der Waals surface area contributed by atoms with Crippen molar-refractivity contribution in [1.82, 2.24) is 15.1 Å². The van der Waals surface area contributed by atoms with E-state index in [0.29, 0.717) is 18.0 Å². The second-order valence-electron chi connectivity index (χ2n) is 4.08. The van der Waals surface area contributed by atoms with Gasteiger partial charge in [-0.2, -0.15) is 5.10 Å². The average molecular weight is 277 g/mol. The van der Waals surface area contributed by atoms with Gasteiger partial charge in [0, 0.05) is 6.54 Å². The van der Waals surface area contributed by atoms with Crippen LogP contribution in [0.25, 0.3) is 5.69 Å². The van der Waals surface area contributed by atoms with E-state index in [2.05, 4.69) is 10.4 Å². The van der Waals surface area contributed by atoms with Crippen LogP contribution in [0, 0.1) is 0 Å². The smallest absolute Gasteiger partial charge is 0.254 e. The molecular formula is C14H16FN3O2. The van der Waals surface area contributed by atoms with E-state index in [9.17, 15) is 9.18 Å². The Labute approximate surface area is 116 Å². The third-order valence-corrected chi connectivity index (χ3v) is 2.89. The topological polar surface area (TPSA) is 56.2 Å². The maximum atomic E-state index is 13.3. The van der Waals surface area contributed by atoms with Crippen molar-refractivity contribution in [1.29, 1.82) is 0 Å². The molecule has 1 N–H and O–H groups in total. The van der Waals surface area contributed by atoms with Crippen molar-refractivity contribution in [2.75, 3.05) is 13.7 Å². The summed E-state index contributed by atoms with van der Waals surface area (Å²) in [5.41, 5.74) is 1.04. The maximum Gasteiger partial charge on any atom is 0.254 e.